The molecular formula is C15H22N2O3. The third kappa shape index (κ3) is 3.10. The molecular weight excluding hydrogens is 256 g/mol. The number of rotatable bonds is 2. The summed E-state index contributed by atoms with van der Waals surface area (Å²) in [6.07, 6.45) is 0. The van der Waals surface area contributed by atoms with Crippen molar-refractivity contribution >= 4 is 11.4 Å². The van der Waals surface area contributed by atoms with E-state index in [4.69, 9.17) is 4.74 Å². The van der Waals surface area contributed by atoms with Crippen LogP contribution in [0, 0.1) is 17.0 Å². The number of nitrogens with zero attached hydrogens (tertiary/aromatic N) is 2. The van der Waals surface area contributed by atoms with E-state index in [0.717, 1.165) is 18.8 Å². The standard InChI is InChI=1S/C15H22N2O3/c1-11-8-12(6-7-13(11)17(18)19)16-9-14(2,3)20-15(4,5)10-16/h6-8H,9-10H2,1-5H3. The number of nitro benzene ring substituents is 1. The molecule has 110 valence electrons. The SMILES string of the molecule is Cc1cc(N2CC(C)(C)OC(C)(C)C2)ccc1[N+](=O)[O-]. The van der Waals surface area contributed by atoms with Gasteiger partial charge in [0.1, 0.15) is 0 Å². The summed E-state index contributed by atoms with van der Waals surface area (Å²) in [7, 11) is 0. The van der Waals surface area contributed by atoms with Gasteiger partial charge in [0.05, 0.1) is 16.1 Å². The van der Waals surface area contributed by atoms with E-state index in [1.165, 1.54) is 0 Å². The molecule has 1 aliphatic heterocycles. The molecule has 0 spiro atoms. The van der Waals surface area contributed by atoms with Crippen LogP contribution in [0.5, 0.6) is 0 Å². The molecule has 0 aromatic heterocycles. The van der Waals surface area contributed by atoms with Gasteiger partial charge in [-0.3, -0.25) is 10.1 Å². The molecule has 0 bridgehead atoms. The highest BCUT2D eigenvalue weighted by molar-refractivity contribution is 5.56. The Morgan fingerprint density at radius 1 is 1.20 bits per heavy atom. The van der Waals surface area contributed by atoms with Crippen LogP contribution < -0.4 is 4.90 Å². The van der Waals surface area contributed by atoms with Crippen molar-refractivity contribution in [3.63, 3.8) is 0 Å². The van der Waals surface area contributed by atoms with E-state index < -0.39 is 0 Å². The maximum atomic E-state index is 10.9. The maximum Gasteiger partial charge on any atom is 0.272 e. The lowest BCUT2D eigenvalue weighted by Gasteiger charge is -2.48. The third-order valence-electron chi connectivity index (χ3n) is 3.44. The zero-order chi connectivity index (χ0) is 15.1. The largest absolute Gasteiger partial charge is 0.366 e. The molecule has 0 saturated carbocycles. The van der Waals surface area contributed by atoms with Crippen molar-refractivity contribution in [2.45, 2.75) is 45.8 Å². The highest BCUT2D eigenvalue weighted by atomic mass is 16.6. The van der Waals surface area contributed by atoms with Crippen LogP contribution >= 0.6 is 0 Å². The summed E-state index contributed by atoms with van der Waals surface area (Å²) in [5.74, 6) is 0. The second kappa shape index (κ2) is 4.74. The lowest BCUT2D eigenvalue weighted by molar-refractivity contribution is -0.385. The quantitative estimate of drug-likeness (QED) is 0.615. The Morgan fingerprint density at radius 2 is 1.75 bits per heavy atom. The van der Waals surface area contributed by atoms with Crippen molar-refractivity contribution in [2.24, 2.45) is 0 Å². The van der Waals surface area contributed by atoms with Gasteiger partial charge in [0.25, 0.3) is 5.69 Å². The van der Waals surface area contributed by atoms with E-state index in [1.807, 2.05) is 12.1 Å². The normalized spacial score (nSPS) is 20.8. The van der Waals surface area contributed by atoms with E-state index in [1.54, 1.807) is 13.0 Å². The van der Waals surface area contributed by atoms with Gasteiger partial charge in [-0.2, -0.15) is 0 Å². The smallest absolute Gasteiger partial charge is 0.272 e. The Bertz CT molecular complexity index is 522. The number of hydrogen-bond acceptors (Lipinski definition) is 4. The van der Waals surface area contributed by atoms with Crippen molar-refractivity contribution in [2.75, 3.05) is 18.0 Å². The van der Waals surface area contributed by atoms with Gasteiger partial charge >= 0.3 is 0 Å². The number of hydrogen-bond donors (Lipinski definition) is 0. The molecule has 1 aromatic carbocycles. The van der Waals surface area contributed by atoms with Crippen molar-refractivity contribution in [1.29, 1.82) is 0 Å². The molecule has 1 heterocycles. The molecule has 5 nitrogen and oxygen atoms in total. The molecule has 0 radical (unpaired) electrons. The van der Waals surface area contributed by atoms with Crippen LogP contribution in [0.15, 0.2) is 18.2 Å². The maximum absolute atomic E-state index is 10.9. The third-order valence-corrected chi connectivity index (χ3v) is 3.44. The molecule has 0 atom stereocenters. The van der Waals surface area contributed by atoms with E-state index >= 15 is 0 Å². The van der Waals surface area contributed by atoms with Gasteiger partial charge in [-0.15, -0.1) is 0 Å². The van der Waals surface area contributed by atoms with E-state index in [9.17, 15) is 10.1 Å². The van der Waals surface area contributed by atoms with Crippen molar-refractivity contribution in [3.8, 4) is 0 Å². The van der Waals surface area contributed by atoms with E-state index in [2.05, 4.69) is 32.6 Å². The molecule has 2 rings (SSSR count). The number of morpholine rings is 1. The molecule has 20 heavy (non-hydrogen) atoms. The number of aryl methyl sites for hydroxylation is 1. The summed E-state index contributed by atoms with van der Waals surface area (Å²) in [5.41, 5.74) is 1.39. The average molecular weight is 278 g/mol. The van der Waals surface area contributed by atoms with Crippen molar-refractivity contribution in [3.05, 3.63) is 33.9 Å². The van der Waals surface area contributed by atoms with Gasteiger partial charge in [-0.25, -0.2) is 0 Å². The van der Waals surface area contributed by atoms with Crippen molar-refractivity contribution in [1.82, 2.24) is 0 Å². The van der Waals surface area contributed by atoms with Crippen LogP contribution in [0.25, 0.3) is 0 Å². The van der Waals surface area contributed by atoms with E-state index in [-0.39, 0.29) is 21.8 Å². The van der Waals surface area contributed by atoms with Crippen molar-refractivity contribution < 1.29 is 9.66 Å². The fourth-order valence-corrected chi connectivity index (χ4v) is 3.01. The van der Waals surface area contributed by atoms with Gasteiger partial charge < -0.3 is 9.64 Å². The van der Waals surface area contributed by atoms with Crippen LogP contribution in [0.3, 0.4) is 0 Å². The molecule has 0 amide bonds. The molecule has 1 aromatic rings. The van der Waals surface area contributed by atoms with Gasteiger partial charge in [-0.05, 0) is 46.8 Å². The molecule has 1 saturated heterocycles. The zero-order valence-corrected chi connectivity index (χ0v) is 12.8. The Labute approximate surface area is 119 Å². The second-order valence-corrected chi connectivity index (χ2v) is 6.71. The van der Waals surface area contributed by atoms with Crippen LogP contribution in [0.2, 0.25) is 0 Å². The fourth-order valence-electron chi connectivity index (χ4n) is 3.01. The highest BCUT2D eigenvalue weighted by Gasteiger charge is 2.38. The molecule has 1 fully saturated rings. The first kappa shape index (κ1) is 14.8. The minimum atomic E-state index is -0.341. The Hall–Kier alpha value is -1.62. The summed E-state index contributed by atoms with van der Waals surface area (Å²) in [6.45, 7) is 11.6. The predicted molar refractivity (Wildman–Crippen MR) is 79.3 cm³/mol. The summed E-state index contributed by atoms with van der Waals surface area (Å²) >= 11 is 0. The summed E-state index contributed by atoms with van der Waals surface area (Å²) < 4.78 is 6.06. The minimum absolute atomic E-state index is 0.167. The average Bonchev–Trinajstić information content (AvgIpc) is 2.23. The first-order valence-electron chi connectivity index (χ1n) is 6.80. The highest BCUT2D eigenvalue weighted by Crippen LogP contribution is 2.33. The fraction of sp³-hybridized carbons (Fsp3) is 0.600. The molecule has 0 aliphatic carbocycles. The number of ether oxygens (including phenoxy) is 1. The van der Waals surface area contributed by atoms with Gasteiger partial charge in [-0.1, -0.05) is 0 Å². The van der Waals surface area contributed by atoms with Gasteiger partial charge in [0.15, 0.2) is 0 Å². The Kier molecular flexibility index (Phi) is 3.50. The van der Waals surface area contributed by atoms with Crippen LogP contribution in [-0.2, 0) is 4.74 Å². The summed E-state index contributed by atoms with van der Waals surface area (Å²) in [5, 5.41) is 10.9. The van der Waals surface area contributed by atoms with Crippen LogP contribution in [0.1, 0.15) is 33.3 Å². The predicted octanol–water partition coefficient (Wildman–Crippen LogP) is 3.30. The van der Waals surface area contributed by atoms with Crippen LogP contribution in [0.4, 0.5) is 11.4 Å². The lowest BCUT2D eigenvalue weighted by Crippen LogP contribution is -2.57. The first-order valence-corrected chi connectivity index (χ1v) is 6.80. The van der Waals surface area contributed by atoms with E-state index in [0.29, 0.717) is 5.56 Å². The van der Waals surface area contributed by atoms with Gasteiger partial charge in [0, 0.05) is 30.4 Å². The molecule has 1 aliphatic rings. The Morgan fingerprint density at radius 3 is 2.20 bits per heavy atom. The number of nitro groups is 1. The monoisotopic (exact) mass is 278 g/mol. The topological polar surface area (TPSA) is 55.6 Å². The number of anilines is 1. The summed E-state index contributed by atoms with van der Waals surface area (Å²) in [6, 6.07) is 5.29. The summed E-state index contributed by atoms with van der Waals surface area (Å²) in [4.78, 5) is 12.8. The lowest BCUT2D eigenvalue weighted by atomic mass is 9.98. The zero-order valence-electron chi connectivity index (χ0n) is 12.8. The Balaban J connectivity index is 2.32. The first-order chi connectivity index (χ1) is 9.10. The number of benzene rings is 1. The minimum Gasteiger partial charge on any atom is -0.366 e. The second-order valence-electron chi connectivity index (χ2n) is 6.71. The van der Waals surface area contributed by atoms with Gasteiger partial charge in [0.2, 0.25) is 0 Å². The molecule has 0 N–H and O–H groups in total. The molecule has 0 unspecified atom stereocenters. The van der Waals surface area contributed by atoms with Crippen LogP contribution in [-0.4, -0.2) is 29.2 Å². The molecule has 5 heteroatoms.